The molecule has 3 heteroatoms. The van der Waals surface area contributed by atoms with E-state index in [9.17, 15) is 13.9 Å². The molecule has 0 spiro atoms. The molecule has 0 aromatic rings. The van der Waals surface area contributed by atoms with Crippen LogP contribution in [0.15, 0.2) is 36.0 Å². The van der Waals surface area contributed by atoms with Gasteiger partial charge in [0.1, 0.15) is 0 Å². The largest absolute Gasteiger partial charge is 0.385 e. The number of hydrogen-bond acceptors (Lipinski definition) is 1. The molecular formula is C15H20F2O. The minimum absolute atomic E-state index is 0.180. The maximum absolute atomic E-state index is 14.2. The topological polar surface area (TPSA) is 20.2 Å². The van der Waals surface area contributed by atoms with Gasteiger partial charge in [-0.05, 0) is 38.2 Å². The van der Waals surface area contributed by atoms with Gasteiger partial charge in [0.25, 0.3) is 5.92 Å². The average molecular weight is 254 g/mol. The molecule has 0 heterocycles. The van der Waals surface area contributed by atoms with Gasteiger partial charge in [0.2, 0.25) is 0 Å². The Morgan fingerprint density at radius 2 is 2.11 bits per heavy atom. The van der Waals surface area contributed by atoms with Crippen LogP contribution in [0.25, 0.3) is 0 Å². The van der Waals surface area contributed by atoms with E-state index in [1.807, 2.05) is 13.0 Å². The molecule has 3 atom stereocenters. The number of hydrogen-bond donors (Lipinski definition) is 1. The van der Waals surface area contributed by atoms with Gasteiger partial charge in [0, 0.05) is 6.42 Å². The summed E-state index contributed by atoms with van der Waals surface area (Å²) in [6, 6.07) is 0. The molecule has 0 aromatic heterocycles. The summed E-state index contributed by atoms with van der Waals surface area (Å²) >= 11 is 0. The summed E-state index contributed by atoms with van der Waals surface area (Å²) in [5.41, 5.74) is 0.166. The van der Waals surface area contributed by atoms with Crippen LogP contribution in [0, 0.1) is 11.8 Å². The van der Waals surface area contributed by atoms with Crippen LogP contribution < -0.4 is 0 Å². The maximum Gasteiger partial charge on any atom is 0.257 e. The van der Waals surface area contributed by atoms with Gasteiger partial charge in [-0.25, -0.2) is 8.78 Å². The van der Waals surface area contributed by atoms with Crippen molar-refractivity contribution in [1.82, 2.24) is 0 Å². The lowest BCUT2D eigenvalue weighted by atomic mass is 9.60. The molecule has 2 rings (SSSR count). The summed E-state index contributed by atoms with van der Waals surface area (Å²) in [5.74, 6) is -4.14. The summed E-state index contributed by atoms with van der Waals surface area (Å²) in [6.45, 7) is 7.22. The first-order valence-electron chi connectivity index (χ1n) is 6.38. The summed E-state index contributed by atoms with van der Waals surface area (Å²) in [7, 11) is 0. The monoisotopic (exact) mass is 254 g/mol. The minimum atomic E-state index is -2.85. The highest BCUT2D eigenvalue weighted by molar-refractivity contribution is 5.30. The zero-order chi connectivity index (χ0) is 13.6. The lowest BCUT2D eigenvalue weighted by Crippen LogP contribution is -2.55. The summed E-state index contributed by atoms with van der Waals surface area (Å²) in [5, 5.41) is 10.7. The van der Waals surface area contributed by atoms with E-state index in [2.05, 4.69) is 6.58 Å². The van der Waals surface area contributed by atoms with Gasteiger partial charge in [0.15, 0.2) is 0 Å². The Morgan fingerprint density at radius 3 is 2.72 bits per heavy atom. The molecule has 100 valence electrons. The van der Waals surface area contributed by atoms with Gasteiger partial charge < -0.3 is 5.11 Å². The Balaban J connectivity index is 2.52. The average Bonchev–Trinajstić information content (AvgIpc) is 2.28. The number of halogens is 2. The zero-order valence-corrected chi connectivity index (χ0v) is 10.9. The third kappa shape index (κ3) is 1.85. The highest BCUT2D eigenvalue weighted by Crippen LogP contribution is 2.54. The Bertz CT molecular complexity index is 422. The van der Waals surface area contributed by atoms with E-state index in [0.717, 1.165) is 5.57 Å². The molecule has 1 N–H and O–H groups in total. The third-order valence-electron chi connectivity index (χ3n) is 4.47. The molecule has 0 unspecified atom stereocenters. The van der Waals surface area contributed by atoms with Crippen LogP contribution in [0.5, 0.6) is 0 Å². The van der Waals surface area contributed by atoms with Crippen molar-refractivity contribution in [1.29, 1.82) is 0 Å². The van der Waals surface area contributed by atoms with E-state index in [1.54, 1.807) is 13.0 Å². The SMILES string of the molecule is C=CC[C@]1(O)C(C)=CC[C@H]2C(C)=CCC(F)(F)[C@@H]21. The summed E-state index contributed by atoms with van der Waals surface area (Å²) < 4.78 is 28.5. The summed E-state index contributed by atoms with van der Waals surface area (Å²) in [6.07, 6.45) is 5.54. The van der Waals surface area contributed by atoms with Crippen molar-refractivity contribution in [3.8, 4) is 0 Å². The lowest BCUT2D eigenvalue weighted by Gasteiger charge is -2.49. The zero-order valence-electron chi connectivity index (χ0n) is 10.9. The molecule has 0 aromatic carbocycles. The Morgan fingerprint density at radius 1 is 1.44 bits per heavy atom. The smallest absolute Gasteiger partial charge is 0.257 e. The quantitative estimate of drug-likeness (QED) is 0.742. The number of allylic oxidation sites excluding steroid dienone is 3. The van der Waals surface area contributed by atoms with Crippen molar-refractivity contribution in [3.63, 3.8) is 0 Å². The molecular weight excluding hydrogens is 234 g/mol. The maximum atomic E-state index is 14.2. The molecule has 18 heavy (non-hydrogen) atoms. The number of aliphatic hydroxyl groups is 1. The van der Waals surface area contributed by atoms with Crippen LogP contribution in [0.3, 0.4) is 0 Å². The van der Waals surface area contributed by atoms with E-state index in [0.29, 0.717) is 12.0 Å². The first-order chi connectivity index (χ1) is 8.33. The molecule has 0 saturated carbocycles. The fraction of sp³-hybridized carbons (Fsp3) is 0.600. The van der Waals surface area contributed by atoms with Crippen LogP contribution in [0.2, 0.25) is 0 Å². The number of rotatable bonds is 2. The molecule has 0 radical (unpaired) electrons. The highest BCUT2D eigenvalue weighted by Gasteiger charge is 2.58. The highest BCUT2D eigenvalue weighted by atomic mass is 19.3. The molecule has 2 aliphatic rings. The van der Waals surface area contributed by atoms with Crippen molar-refractivity contribution in [2.24, 2.45) is 11.8 Å². The van der Waals surface area contributed by atoms with Gasteiger partial charge in [0.05, 0.1) is 11.5 Å². The van der Waals surface area contributed by atoms with Crippen molar-refractivity contribution >= 4 is 0 Å². The van der Waals surface area contributed by atoms with Gasteiger partial charge in [-0.3, -0.25) is 0 Å². The first kappa shape index (κ1) is 13.5. The van der Waals surface area contributed by atoms with E-state index in [-0.39, 0.29) is 18.8 Å². The Labute approximate surface area is 107 Å². The van der Waals surface area contributed by atoms with Gasteiger partial charge >= 0.3 is 0 Å². The van der Waals surface area contributed by atoms with Crippen molar-refractivity contribution in [2.75, 3.05) is 0 Å². The molecule has 0 saturated heterocycles. The van der Waals surface area contributed by atoms with Crippen LogP contribution in [0.1, 0.15) is 33.1 Å². The van der Waals surface area contributed by atoms with E-state index in [1.165, 1.54) is 6.08 Å². The van der Waals surface area contributed by atoms with Gasteiger partial charge in [-0.15, -0.1) is 6.58 Å². The van der Waals surface area contributed by atoms with E-state index >= 15 is 0 Å². The Hall–Kier alpha value is -0.960. The number of alkyl halides is 2. The summed E-state index contributed by atoms with van der Waals surface area (Å²) in [4.78, 5) is 0. The third-order valence-corrected chi connectivity index (χ3v) is 4.47. The van der Waals surface area contributed by atoms with E-state index in [4.69, 9.17) is 0 Å². The van der Waals surface area contributed by atoms with Crippen molar-refractivity contribution in [3.05, 3.63) is 36.0 Å². The molecule has 0 bridgehead atoms. The second-order valence-electron chi connectivity index (χ2n) is 5.54. The fourth-order valence-electron chi connectivity index (χ4n) is 3.37. The molecule has 0 fully saturated rings. The molecule has 1 nitrogen and oxygen atoms in total. The van der Waals surface area contributed by atoms with Crippen molar-refractivity contribution in [2.45, 2.75) is 44.6 Å². The normalized spacial score (nSPS) is 38.5. The predicted molar refractivity (Wildman–Crippen MR) is 68.4 cm³/mol. The minimum Gasteiger partial charge on any atom is -0.385 e. The lowest BCUT2D eigenvalue weighted by molar-refractivity contribution is -0.158. The fourth-order valence-corrected chi connectivity index (χ4v) is 3.37. The van der Waals surface area contributed by atoms with Gasteiger partial charge in [-0.1, -0.05) is 23.8 Å². The first-order valence-corrected chi connectivity index (χ1v) is 6.38. The van der Waals surface area contributed by atoms with E-state index < -0.39 is 17.4 Å². The van der Waals surface area contributed by atoms with Crippen LogP contribution >= 0.6 is 0 Å². The molecule has 0 amide bonds. The predicted octanol–water partition coefficient (Wildman–Crippen LogP) is 3.86. The van der Waals surface area contributed by atoms with Crippen LogP contribution in [-0.4, -0.2) is 16.6 Å². The second-order valence-corrected chi connectivity index (χ2v) is 5.54. The Kier molecular flexibility index (Phi) is 3.22. The standard InChI is InChI=1S/C15H20F2O/c1-4-8-14(18)11(3)5-6-12-10(2)7-9-15(16,17)13(12)14/h4-5,7,12-13,18H,1,6,8-9H2,2-3H3/t12-,13-,14-/m0/s1. The molecule has 0 aliphatic heterocycles. The second kappa shape index (κ2) is 4.30. The van der Waals surface area contributed by atoms with Crippen molar-refractivity contribution < 1.29 is 13.9 Å². The van der Waals surface area contributed by atoms with Crippen LogP contribution in [0.4, 0.5) is 8.78 Å². The van der Waals surface area contributed by atoms with Gasteiger partial charge in [-0.2, -0.15) is 0 Å². The van der Waals surface area contributed by atoms with Crippen LogP contribution in [-0.2, 0) is 0 Å². The number of fused-ring (bicyclic) bond motifs is 1. The molecule has 2 aliphatic carbocycles.